The molecule has 1 N–H and O–H groups in total. The molecule has 0 radical (unpaired) electrons. The fourth-order valence-corrected chi connectivity index (χ4v) is 3.77. The summed E-state index contributed by atoms with van der Waals surface area (Å²) in [6, 6.07) is 8.20. The van der Waals surface area contributed by atoms with Crippen LogP contribution in [0.2, 0.25) is 0 Å². The van der Waals surface area contributed by atoms with E-state index < -0.39 is 10.0 Å². The van der Waals surface area contributed by atoms with Crippen molar-refractivity contribution in [3.8, 4) is 6.07 Å². The molecule has 0 amide bonds. The van der Waals surface area contributed by atoms with Crippen LogP contribution in [-0.4, -0.2) is 15.0 Å². The van der Waals surface area contributed by atoms with Crippen LogP contribution in [0.15, 0.2) is 29.2 Å². The van der Waals surface area contributed by atoms with E-state index in [0.29, 0.717) is 12.5 Å². The Balaban J connectivity index is 1.99. The summed E-state index contributed by atoms with van der Waals surface area (Å²) in [5.74, 6) is 0.647. The first-order valence-electron chi connectivity index (χ1n) is 6.62. The molecule has 0 aliphatic heterocycles. The van der Waals surface area contributed by atoms with Crippen LogP contribution in [0.1, 0.15) is 37.7 Å². The number of nitrogens with zero attached hydrogens (tertiary/aromatic N) is 1. The molecule has 0 heterocycles. The van der Waals surface area contributed by atoms with Gasteiger partial charge in [0.05, 0.1) is 10.5 Å². The average Bonchev–Trinajstić information content (AvgIpc) is 2.91. The number of sulfonamides is 1. The Kier molecular flexibility index (Phi) is 4.56. The number of hydrogen-bond donors (Lipinski definition) is 1. The maximum absolute atomic E-state index is 12.1. The van der Waals surface area contributed by atoms with Crippen LogP contribution in [0.25, 0.3) is 0 Å². The van der Waals surface area contributed by atoms with Gasteiger partial charge in [-0.3, -0.25) is 0 Å². The number of benzene rings is 1. The molecule has 0 bridgehead atoms. The molecule has 1 saturated carbocycles. The maximum atomic E-state index is 12.1. The van der Waals surface area contributed by atoms with Crippen molar-refractivity contribution >= 4 is 10.0 Å². The van der Waals surface area contributed by atoms with E-state index in [1.54, 1.807) is 12.1 Å². The van der Waals surface area contributed by atoms with E-state index in [9.17, 15) is 8.42 Å². The number of hydrogen-bond acceptors (Lipinski definition) is 3. The SMILES string of the molecule is N#Cc1ccccc1S(=O)(=O)NCCC1CCCC1. The van der Waals surface area contributed by atoms with Gasteiger partial charge in [0.2, 0.25) is 10.0 Å². The normalized spacial score (nSPS) is 16.4. The van der Waals surface area contributed by atoms with Gasteiger partial charge in [0.1, 0.15) is 6.07 Å². The molecule has 1 aromatic rings. The summed E-state index contributed by atoms with van der Waals surface area (Å²) >= 11 is 0. The van der Waals surface area contributed by atoms with Gasteiger partial charge < -0.3 is 0 Å². The Hall–Kier alpha value is -1.38. The lowest BCUT2D eigenvalue weighted by atomic mass is 10.1. The first-order valence-corrected chi connectivity index (χ1v) is 8.10. The van der Waals surface area contributed by atoms with Crippen molar-refractivity contribution in [3.05, 3.63) is 29.8 Å². The summed E-state index contributed by atoms with van der Waals surface area (Å²) in [6.45, 7) is 0.451. The summed E-state index contributed by atoms with van der Waals surface area (Å²) in [5, 5.41) is 8.94. The first kappa shape index (κ1) is 14.0. The highest BCUT2D eigenvalue weighted by Crippen LogP contribution is 2.27. The lowest BCUT2D eigenvalue weighted by molar-refractivity contribution is 0.495. The third-order valence-corrected chi connectivity index (χ3v) is 5.14. The van der Waals surface area contributed by atoms with Crippen molar-refractivity contribution in [1.82, 2.24) is 4.72 Å². The van der Waals surface area contributed by atoms with E-state index in [1.807, 2.05) is 6.07 Å². The van der Waals surface area contributed by atoms with Crippen molar-refractivity contribution < 1.29 is 8.42 Å². The molecule has 2 rings (SSSR count). The molecule has 0 saturated heterocycles. The molecule has 1 aliphatic carbocycles. The van der Waals surface area contributed by atoms with Crippen LogP contribution >= 0.6 is 0 Å². The molecule has 1 aliphatic rings. The van der Waals surface area contributed by atoms with Crippen LogP contribution in [0.5, 0.6) is 0 Å². The minimum absolute atomic E-state index is 0.0731. The lowest BCUT2D eigenvalue weighted by Gasteiger charge is -2.11. The highest BCUT2D eigenvalue weighted by atomic mass is 32.2. The largest absolute Gasteiger partial charge is 0.241 e. The van der Waals surface area contributed by atoms with E-state index in [2.05, 4.69) is 4.72 Å². The Morgan fingerprint density at radius 1 is 1.26 bits per heavy atom. The predicted octanol–water partition coefficient (Wildman–Crippen LogP) is 2.42. The van der Waals surface area contributed by atoms with Crippen molar-refractivity contribution in [3.63, 3.8) is 0 Å². The third-order valence-electron chi connectivity index (χ3n) is 3.62. The minimum Gasteiger partial charge on any atom is -0.211 e. The van der Waals surface area contributed by atoms with Crippen molar-refractivity contribution in [2.24, 2.45) is 5.92 Å². The van der Waals surface area contributed by atoms with Gasteiger partial charge in [-0.25, -0.2) is 13.1 Å². The molecule has 102 valence electrons. The van der Waals surface area contributed by atoms with Crippen molar-refractivity contribution in [2.75, 3.05) is 6.54 Å². The van der Waals surface area contributed by atoms with Gasteiger partial charge in [-0.1, -0.05) is 37.8 Å². The van der Waals surface area contributed by atoms with Crippen molar-refractivity contribution in [1.29, 1.82) is 5.26 Å². The molecular formula is C14H18N2O2S. The Morgan fingerprint density at radius 3 is 2.63 bits per heavy atom. The second-order valence-corrected chi connectivity index (χ2v) is 6.68. The molecule has 1 aromatic carbocycles. The molecule has 0 spiro atoms. The summed E-state index contributed by atoms with van der Waals surface area (Å²) in [7, 11) is -3.57. The van der Waals surface area contributed by atoms with Crippen molar-refractivity contribution in [2.45, 2.75) is 37.0 Å². The van der Waals surface area contributed by atoms with Gasteiger partial charge in [0.25, 0.3) is 0 Å². The topological polar surface area (TPSA) is 70.0 Å². The van der Waals surface area contributed by atoms with Crippen LogP contribution in [0, 0.1) is 17.2 Å². The van der Waals surface area contributed by atoms with Crippen LogP contribution in [0.3, 0.4) is 0 Å². The molecule has 0 aromatic heterocycles. The third kappa shape index (κ3) is 3.55. The van der Waals surface area contributed by atoms with Crippen LogP contribution in [-0.2, 0) is 10.0 Å². The second-order valence-electron chi connectivity index (χ2n) is 4.94. The van der Waals surface area contributed by atoms with Gasteiger partial charge >= 0.3 is 0 Å². The smallest absolute Gasteiger partial charge is 0.211 e. The molecule has 4 nitrogen and oxygen atoms in total. The van der Waals surface area contributed by atoms with E-state index >= 15 is 0 Å². The zero-order valence-electron chi connectivity index (χ0n) is 10.8. The zero-order valence-corrected chi connectivity index (χ0v) is 11.6. The summed E-state index contributed by atoms with van der Waals surface area (Å²) in [4.78, 5) is 0.0731. The fraction of sp³-hybridized carbons (Fsp3) is 0.500. The van der Waals surface area contributed by atoms with E-state index in [4.69, 9.17) is 5.26 Å². The van der Waals surface area contributed by atoms with E-state index in [-0.39, 0.29) is 10.5 Å². The molecule has 5 heteroatoms. The summed E-state index contributed by atoms with van der Waals surface area (Å²) in [6.07, 6.45) is 5.81. The molecule has 0 atom stereocenters. The first-order chi connectivity index (χ1) is 9.13. The Bertz CT molecular complexity index is 569. The molecule has 1 fully saturated rings. The minimum atomic E-state index is -3.57. The van der Waals surface area contributed by atoms with Crippen LogP contribution < -0.4 is 4.72 Å². The average molecular weight is 278 g/mol. The molecular weight excluding hydrogens is 260 g/mol. The van der Waals surface area contributed by atoms with Gasteiger partial charge in [0.15, 0.2) is 0 Å². The molecule has 0 unspecified atom stereocenters. The highest BCUT2D eigenvalue weighted by molar-refractivity contribution is 7.89. The van der Waals surface area contributed by atoms with E-state index in [1.165, 1.54) is 37.8 Å². The molecule has 19 heavy (non-hydrogen) atoms. The van der Waals surface area contributed by atoms with Gasteiger partial charge in [-0.05, 0) is 24.5 Å². The predicted molar refractivity (Wildman–Crippen MR) is 72.9 cm³/mol. The zero-order chi connectivity index (χ0) is 13.7. The fourth-order valence-electron chi connectivity index (χ4n) is 2.57. The number of nitriles is 1. The van der Waals surface area contributed by atoms with Crippen LogP contribution in [0.4, 0.5) is 0 Å². The van der Waals surface area contributed by atoms with E-state index in [0.717, 1.165) is 6.42 Å². The standard InChI is InChI=1S/C14H18N2O2S/c15-11-13-7-3-4-8-14(13)19(17,18)16-10-9-12-5-1-2-6-12/h3-4,7-8,12,16H,1-2,5-6,9-10H2. The highest BCUT2D eigenvalue weighted by Gasteiger charge is 2.19. The Morgan fingerprint density at radius 2 is 1.95 bits per heavy atom. The maximum Gasteiger partial charge on any atom is 0.241 e. The number of rotatable bonds is 5. The van der Waals surface area contributed by atoms with Gasteiger partial charge in [-0.15, -0.1) is 0 Å². The number of nitrogens with one attached hydrogen (secondary N) is 1. The summed E-state index contributed by atoms with van der Waals surface area (Å²) in [5.41, 5.74) is 0.191. The quantitative estimate of drug-likeness (QED) is 0.899. The summed E-state index contributed by atoms with van der Waals surface area (Å²) < 4.78 is 26.8. The second kappa shape index (κ2) is 6.18. The van der Waals surface area contributed by atoms with Gasteiger partial charge in [0, 0.05) is 6.54 Å². The Labute approximate surface area is 114 Å². The monoisotopic (exact) mass is 278 g/mol. The van der Waals surface area contributed by atoms with Gasteiger partial charge in [-0.2, -0.15) is 5.26 Å². The lowest BCUT2D eigenvalue weighted by Crippen LogP contribution is -2.26.